The molecule has 20 heavy (non-hydrogen) atoms. The van der Waals surface area contributed by atoms with Crippen molar-refractivity contribution in [1.29, 1.82) is 0 Å². The Bertz CT molecular complexity index is 747. The monoisotopic (exact) mass is 265 g/mol. The average molecular weight is 265 g/mol. The number of carbonyl (C=O) groups excluding carboxylic acids is 2. The van der Waals surface area contributed by atoms with E-state index < -0.39 is 0 Å². The Morgan fingerprint density at radius 1 is 1.10 bits per heavy atom. The number of anilines is 1. The third kappa shape index (κ3) is 2.07. The van der Waals surface area contributed by atoms with Gasteiger partial charge in [-0.2, -0.15) is 0 Å². The molecule has 0 bridgehead atoms. The molecule has 1 heterocycles. The van der Waals surface area contributed by atoms with E-state index in [0.29, 0.717) is 22.4 Å². The highest BCUT2D eigenvalue weighted by molar-refractivity contribution is 6.35. The van der Waals surface area contributed by atoms with E-state index in [2.05, 4.69) is 5.32 Å². The summed E-state index contributed by atoms with van der Waals surface area (Å²) < 4.78 is 0. The number of carbonyl (C=O) groups is 2. The number of phenolic OH excluding ortho intramolecular Hbond substituents is 1. The summed E-state index contributed by atoms with van der Waals surface area (Å²) in [7, 11) is 0. The molecule has 2 aromatic carbocycles. The van der Waals surface area contributed by atoms with Gasteiger partial charge in [-0.3, -0.25) is 9.59 Å². The molecule has 98 valence electrons. The lowest BCUT2D eigenvalue weighted by Gasteiger charge is -1.99. The van der Waals surface area contributed by atoms with Crippen LogP contribution in [0.25, 0.3) is 5.57 Å². The highest BCUT2D eigenvalue weighted by atomic mass is 16.3. The minimum Gasteiger partial charge on any atom is -0.508 e. The van der Waals surface area contributed by atoms with Gasteiger partial charge < -0.3 is 10.4 Å². The summed E-state index contributed by atoms with van der Waals surface area (Å²) in [6.45, 7) is 0. The van der Waals surface area contributed by atoms with Crippen molar-refractivity contribution in [3.8, 4) is 5.75 Å². The van der Waals surface area contributed by atoms with Crippen LogP contribution in [0.15, 0.2) is 54.6 Å². The Balaban J connectivity index is 2.01. The quantitative estimate of drug-likeness (QED) is 0.648. The lowest BCUT2D eigenvalue weighted by Crippen LogP contribution is -2.05. The number of benzene rings is 2. The molecule has 3 rings (SSSR count). The van der Waals surface area contributed by atoms with Crippen molar-refractivity contribution in [1.82, 2.24) is 0 Å². The number of allylic oxidation sites excluding steroid dienone is 1. The first-order valence-corrected chi connectivity index (χ1v) is 6.11. The highest BCUT2D eigenvalue weighted by Crippen LogP contribution is 2.31. The number of hydrogen-bond donors (Lipinski definition) is 2. The minimum atomic E-state index is -0.317. The molecule has 0 atom stereocenters. The van der Waals surface area contributed by atoms with Gasteiger partial charge in [0, 0.05) is 16.8 Å². The summed E-state index contributed by atoms with van der Waals surface area (Å²) in [5, 5.41) is 12.1. The van der Waals surface area contributed by atoms with Gasteiger partial charge in [-0.25, -0.2) is 0 Å². The maximum atomic E-state index is 12.1. The van der Waals surface area contributed by atoms with Gasteiger partial charge in [0.25, 0.3) is 5.91 Å². The smallest absolute Gasteiger partial charge is 0.256 e. The second-order valence-electron chi connectivity index (χ2n) is 4.47. The van der Waals surface area contributed by atoms with Gasteiger partial charge in [-0.05, 0) is 24.3 Å². The molecule has 1 aliphatic heterocycles. The Morgan fingerprint density at radius 2 is 1.90 bits per heavy atom. The van der Waals surface area contributed by atoms with Crippen molar-refractivity contribution in [3.05, 3.63) is 65.7 Å². The fourth-order valence-electron chi connectivity index (χ4n) is 2.16. The number of phenols is 1. The van der Waals surface area contributed by atoms with E-state index in [4.69, 9.17) is 0 Å². The summed E-state index contributed by atoms with van der Waals surface area (Å²) in [5.74, 6) is -0.590. The number of ketones is 1. The van der Waals surface area contributed by atoms with E-state index >= 15 is 0 Å². The molecule has 4 nitrogen and oxygen atoms in total. The Hall–Kier alpha value is -2.88. The van der Waals surface area contributed by atoms with E-state index in [-0.39, 0.29) is 17.4 Å². The Labute approximate surface area is 115 Å². The molecule has 0 spiro atoms. The predicted molar refractivity (Wildman–Crippen MR) is 75.5 cm³/mol. The van der Waals surface area contributed by atoms with Crippen LogP contribution in [-0.2, 0) is 4.79 Å². The summed E-state index contributed by atoms with van der Waals surface area (Å²) in [5.41, 5.74) is 2.10. The van der Waals surface area contributed by atoms with Crippen LogP contribution >= 0.6 is 0 Å². The van der Waals surface area contributed by atoms with E-state index in [0.717, 1.165) is 0 Å². The van der Waals surface area contributed by atoms with Crippen LogP contribution in [0.1, 0.15) is 15.9 Å². The molecule has 0 saturated heterocycles. The lowest BCUT2D eigenvalue weighted by molar-refractivity contribution is -0.110. The molecule has 0 saturated carbocycles. The zero-order chi connectivity index (χ0) is 14.1. The standard InChI is InChI=1S/C16H11NO3/c18-11-5-3-4-10(8-11)15(19)9-13-12-6-1-2-7-14(12)17-16(13)20/h1-9,18H,(H,17,20)/b13-9+. The average Bonchev–Trinajstić information content (AvgIpc) is 2.75. The van der Waals surface area contributed by atoms with Crippen molar-refractivity contribution in [3.63, 3.8) is 0 Å². The van der Waals surface area contributed by atoms with Crippen LogP contribution < -0.4 is 5.32 Å². The number of hydrogen-bond acceptors (Lipinski definition) is 3. The first-order valence-electron chi connectivity index (χ1n) is 6.11. The predicted octanol–water partition coefficient (Wildman–Crippen LogP) is 2.61. The zero-order valence-electron chi connectivity index (χ0n) is 10.5. The van der Waals surface area contributed by atoms with Crippen LogP contribution in [0.3, 0.4) is 0 Å². The maximum absolute atomic E-state index is 12.1. The molecule has 0 radical (unpaired) electrons. The number of fused-ring (bicyclic) bond motifs is 1. The number of nitrogens with one attached hydrogen (secondary N) is 1. The third-order valence-electron chi connectivity index (χ3n) is 3.12. The summed E-state index contributed by atoms with van der Waals surface area (Å²) in [6, 6.07) is 13.2. The summed E-state index contributed by atoms with van der Waals surface area (Å²) >= 11 is 0. The fraction of sp³-hybridized carbons (Fsp3) is 0. The SMILES string of the molecule is O=C1Nc2ccccc2/C1=C\C(=O)c1cccc(O)c1. The molecule has 0 unspecified atom stereocenters. The van der Waals surface area contributed by atoms with Gasteiger partial charge in [0.1, 0.15) is 5.75 Å². The Morgan fingerprint density at radius 3 is 2.70 bits per heavy atom. The van der Waals surface area contributed by atoms with Crippen LogP contribution in [-0.4, -0.2) is 16.8 Å². The highest BCUT2D eigenvalue weighted by Gasteiger charge is 2.24. The lowest BCUT2D eigenvalue weighted by atomic mass is 10.0. The largest absolute Gasteiger partial charge is 0.508 e. The third-order valence-corrected chi connectivity index (χ3v) is 3.12. The molecular weight excluding hydrogens is 254 g/mol. The first-order chi connectivity index (χ1) is 9.65. The van der Waals surface area contributed by atoms with Crippen molar-refractivity contribution >= 4 is 23.0 Å². The van der Waals surface area contributed by atoms with E-state index in [1.54, 1.807) is 24.3 Å². The van der Waals surface area contributed by atoms with E-state index in [9.17, 15) is 14.7 Å². The van der Waals surface area contributed by atoms with Gasteiger partial charge in [0.15, 0.2) is 5.78 Å². The number of para-hydroxylation sites is 1. The van der Waals surface area contributed by atoms with Crippen molar-refractivity contribution in [2.75, 3.05) is 5.32 Å². The van der Waals surface area contributed by atoms with Crippen molar-refractivity contribution < 1.29 is 14.7 Å². The van der Waals surface area contributed by atoms with Gasteiger partial charge in [-0.1, -0.05) is 30.3 Å². The first kappa shape index (κ1) is 12.2. The molecule has 1 amide bonds. The maximum Gasteiger partial charge on any atom is 0.256 e. The molecule has 2 aromatic rings. The van der Waals surface area contributed by atoms with Crippen LogP contribution in [0.2, 0.25) is 0 Å². The molecule has 2 N–H and O–H groups in total. The van der Waals surface area contributed by atoms with E-state index in [1.807, 2.05) is 12.1 Å². The van der Waals surface area contributed by atoms with E-state index in [1.165, 1.54) is 18.2 Å². The number of aromatic hydroxyl groups is 1. The van der Waals surface area contributed by atoms with Gasteiger partial charge in [0.05, 0.1) is 5.57 Å². The summed E-state index contributed by atoms with van der Waals surface area (Å²) in [4.78, 5) is 24.0. The summed E-state index contributed by atoms with van der Waals surface area (Å²) in [6.07, 6.45) is 1.30. The molecule has 0 aromatic heterocycles. The number of rotatable bonds is 2. The normalized spacial score (nSPS) is 15.0. The molecule has 0 aliphatic carbocycles. The Kier molecular flexibility index (Phi) is 2.84. The van der Waals surface area contributed by atoms with Gasteiger partial charge in [0.2, 0.25) is 0 Å². The minimum absolute atomic E-state index is 0.0190. The van der Waals surface area contributed by atoms with Gasteiger partial charge in [-0.15, -0.1) is 0 Å². The second-order valence-corrected chi connectivity index (χ2v) is 4.47. The van der Waals surface area contributed by atoms with Crippen LogP contribution in [0.4, 0.5) is 5.69 Å². The van der Waals surface area contributed by atoms with Crippen molar-refractivity contribution in [2.45, 2.75) is 0 Å². The molecule has 1 aliphatic rings. The zero-order valence-corrected chi connectivity index (χ0v) is 10.5. The molecular formula is C16H11NO3. The topological polar surface area (TPSA) is 66.4 Å². The van der Waals surface area contributed by atoms with Gasteiger partial charge >= 0.3 is 0 Å². The van der Waals surface area contributed by atoms with Crippen LogP contribution in [0.5, 0.6) is 5.75 Å². The fourth-order valence-corrected chi connectivity index (χ4v) is 2.16. The van der Waals surface area contributed by atoms with Crippen molar-refractivity contribution in [2.24, 2.45) is 0 Å². The van der Waals surface area contributed by atoms with Crippen LogP contribution in [0, 0.1) is 0 Å². The number of amides is 1. The molecule has 0 fully saturated rings. The molecule has 4 heteroatoms. The second kappa shape index (κ2) is 4.66.